The first kappa shape index (κ1) is 15.0. The first-order chi connectivity index (χ1) is 10.9. The second kappa shape index (κ2) is 6.91. The fourth-order valence-corrected chi connectivity index (χ4v) is 5.44. The van der Waals surface area contributed by atoms with Crippen LogP contribution in [-0.2, 0) is 4.74 Å². The Hall–Kier alpha value is -0.550. The second-order valence-corrected chi connectivity index (χ2v) is 7.87. The van der Waals surface area contributed by atoms with E-state index in [1.165, 1.54) is 41.9 Å². The van der Waals surface area contributed by atoms with Crippen molar-refractivity contribution in [3.05, 3.63) is 29.8 Å². The van der Waals surface area contributed by atoms with E-state index in [9.17, 15) is 0 Å². The number of nitrogens with one attached hydrogen (secondary N) is 2. The van der Waals surface area contributed by atoms with Gasteiger partial charge in [0, 0.05) is 29.6 Å². The SMILES string of the molecule is c1ccc2c(c1)SCCC2NC1CCCC1C1COCCN1. The zero-order valence-corrected chi connectivity index (χ0v) is 13.9. The van der Waals surface area contributed by atoms with E-state index in [1.54, 1.807) is 0 Å². The van der Waals surface area contributed by atoms with Gasteiger partial charge in [-0.05, 0) is 42.6 Å². The van der Waals surface area contributed by atoms with Gasteiger partial charge in [-0.15, -0.1) is 11.8 Å². The van der Waals surface area contributed by atoms with Gasteiger partial charge < -0.3 is 15.4 Å². The van der Waals surface area contributed by atoms with E-state index in [1.807, 2.05) is 11.8 Å². The molecular formula is C18H26N2OS. The number of thioether (sulfide) groups is 1. The molecule has 0 bridgehead atoms. The van der Waals surface area contributed by atoms with Crippen LogP contribution in [0.5, 0.6) is 0 Å². The van der Waals surface area contributed by atoms with Crippen LogP contribution in [0.15, 0.2) is 29.2 Å². The van der Waals surface area contributed by atoms with Crippen LogP contribution in [0, 0.1) is 5.92 Å². The lowest BCUT2D eigenvalue weighted by Gasteiger charge is -2.36. The molecule has 1 saturated heterocycles. The lowest BCUT2D eigenvalue weighted by atomic mass is 9.92. The number of hydrogen-bond acceptors (Lipinski definition) is 4. The van der Waals surface area contributed by atoms with Crippen molar-refractivity contribution in [2.45, 2.75) is 48.7 Å². The van der Waals surface area contributed by atoms with E-state index in [0.29, 0.717) is 18.1 Å². The van der Waals surface area contributed by atoms with Crippen molar-refractivity contribution in [2.75, 3.05) is 25.5 Å². The highest BCUT2D eigenvalue weighted by Crippen LogP contribution is 2.38. The van der Waals surface area contributed by atoms with E-state index in [0.717, 1.165) is 25.7 Å². The van der Waals surface area contributed by atoms with Crippen molar-refractivity contribution in [3.63, 3.8) is 0 Å². The predicted molar refractivity (Wildman–Crippen MR) is 91.4 cm³/mol. The molecule has 2 heterocycles. The van der Waals surface area contributed by atoms with Gasteiger partial charge in [-0.3, -0.25) is 0 Å². The van der Waals surface area contributed by atoms with Crippen molar-refractivity contribution < 1.29 is 4.74 Å². The number of hydrogen-bond donors (Lipinski definition) is 2. The van der Waals surface area contributed by atoms with Crippen LogP contribution >= 0.6 is 11.8 Å². The highest BCUT2D eigenvalue weighted by molar-refractivity contribution is 7.99. The van der Waals surface area contributed by atoms with E-state index < -0.39 is 0 Å². The number of fused-ring (bicyclic) bond motifs is 1. The second-order valence-electron chi connectivity index (χ2n) is 6.73. The Morgan fingerprint density at radius 3 is 3.05 bits per heavy atom. The van der Waals surface area contributed by atoms with Gasteiger partial charge in [-0.25, -0.2) is 0 Å². The topological polar surface area (TPSA) is 33.3 Å². The van der Waals surface area contributed by atoms with Crippen molar-refractivity contribution in [1.29, 1.82) is 0 Å². The smallest absolute Gasteiger partial charge is 0.0623 e. The number of benzene rings is 1. The molecule has 3 aliphatic rings. The summed E-state index contributed by atoms with van der Waals surface area (Å²) >= 11 is 2.01. The zero-order valence-electron chi connectivity index (χ0n) is 13.1. The molecule has 2 N–H and O–H groups in total. The normalized spacial score (nSPS) is 35.3. The maximum Gasteiger partial charge on any atom is 0.0623 e. The summed E-state index contributed by atoms with van der Waals surface area (Å²) in [5.41, 5.74) is 1.51. The van der Waals surface area contributed by atoms with Gasteiger partial charge in [0.05, 0.1) is 13.2 Å². The fourth-order valence-electron chi connectivity index (χ4n) is 4.31. The summed E-state index contributed by atoms with van der Waals surface area (Å²) in [6.45, 7) is 2.77. The predicted octanol–water partition coefficient (Wildman–Crippen LogP) is 2.97. The minimum absolute atomic E-state index is 0.535. The van der Waals surface area contributed by atoms with Crippen LogP contribution in [0.4, 0.5) is 0 Å². The summed E-state index contributed by atoms with van der Waals surface area (Å²) in [5, 5.41) is 7.69. The van der Waals surface area contributed by atoms with Gasteiger partial charge >= 0.3 is 0 Å². The van der Waals surface area contributed by atoms with Crippen LogP contribution in [0.2, 0.25) is 0 Å². The average molecular weight is 318 g/mol. The molecule has 4 rings (SSSR count). The fraction of sp³-hybridized carbons (Fsp3) is 0.667. The first-order valence-electron chi connectivity index (χ1n) is 8.71. The average Bonchev–Trinajstić information content (AvgIpc) is 3.04. The van der Waals surface area contributed by atoms with E-state index >= 15 is 0 Å². The molecule has 2 aliphatic heterocycles. The Kier molecular flexibility index (Phi) is 4.72. The third-order valence-corrected chi connectivity index (χ3v) is 6.53. The Balaban J connectivity index is 1.46. The maximum absolute atomic E-state index is 5.70. The summed E-state index contributed by atoms with van der Waals surface area (Å²) in [7, 11) is 0. The van der Waals surface area contributed by atoms with Gasteiger partial charge in [0.1, 0.15) is 0 Å². The Morgan fingerprint density at radius 1 is 1.18 bits per heavy atom. The summed E-state index contributed by atoms with van der Waals surface area (Å²) in [5.74, 6) is 1.96. The zero-order chi connectivity index (χ0) is 14.8. The van der Waals surface area contributed by atoms with Crippen LogP contribution in [-0.4, -0.2) is 37.6 Å². The molecule has 1 aromatic carbocycles. The molecule has 3 nitrogen and oxygen atoms in total. The van der Waals surface area contributed by atoms with Crippen LogP contribution in [0.1, 0.15) is 37.3 Å². The molecule has 1 aromatic rings. The van der Waals surface area contributed by atoms with E-state index in [-0.39, 0.29) is 0 Å². The molecule has 1 saturated carbocycles. The Labute approximate surface area is 137 Å². The van der Waals surface area contributed by atoms with Crippen LogP contribution in [0.3, 0.4) is 0 Å². The van der Waals surface area contributed by atoms with Gasteiger partial charge in [0.25, 0.3) is 0 Å². The maximum atomic E-state index is 5.70. The summed E-state index contributed by atoms with van der Waals surface area (Å²) in [4.78, 5) is 1.47. The van der Waals surface area contributed by atoms with Crippen LogP contribution < -0.4 is 10.6 Å². The molecule has 0 radical (unpaired) electrons. The molecule has 2 fully saturated rings. The quantitative estimate of drug-likeness (QED) is 0.898. The van der Waals surface area contributed by atoms with Crippen molar-refractivity contribution >= 4 is 11.8 Å². The summed E-state index contributed by atoms with van der Waals surface area (Å²) in [6, 6.07) is 10.6. The molecule has 0 aromatic heterocycles. The molecule has 120 valence electrons. The van der Waals surface area contributed by atoms with Crippen molar-refractivity contribution in [1.82, 2.24) is 10.6 Å². The van der Waals surface area contributed by atoms with Crippen molar-refractivity contribution in [3.8, 4) is 0 Å². The molecule has 4 unspecified atom stereocenters. The number of rotatable bonds is 3. The third-order valence-electron chi connectivity index (χ3n) is 5.41. The van der Waals surface area contributed by atoms with Gasteiger partial charge in [0.15, 0.2) is 0 Å². The van der Waals surface area contributed by atoms with Gasteiger partial charge in [-0.1, -0.05) is 24.6 Å². The number of ether oxygens (including phenoxy) is 1. The molecule has 0 spiro atoms. The standard InChI is InChI=1S/C18H26N2OS/c1-2-7-18-14(4-1)16(8-11-22-18)20-15-6-3-5-13(15)17-12-21-10-9-19-17/h1-2,4,7,13,15-17,19-20H,3,5-6,8-12H2. The lowest BCUT2D eigenvalue weighted by molar-refractivity contribution is 0.0516. The van der Waals surface area contributed by atoms with Gasteiger partial charge in [-0.2, -0.15) is 0 Å². The molecule has 1 aliphatic carbocycles. The molecular weight excluding hydrogens is 292 g/mol. The van der Waals surface area contributed by atoms with E-state index in [2.05, 4.69) is 34.9 Å². The van der Waals surface area contributed by atoms with E-state index in [4.69, 9.17) is 4.74 Å². The lowest BCUT2D eigenvalue weighted by Crippen LogP contribution is -2.51. The Bertz CT molecular complexity index is 504. The van der Waals surface area contributed by atoms with Crippen molar-refractivity contribution in [2.24, 2.45) is 5.92 Å². The summed E-state index contributed by atoms with van der Waals surface area (Å²) in [6.07, 6.45) is 5.25. The molecule has 0 amide bonds. The minimum Gasteiger partial charge on any atom is -0.379 e. The molecule has 4 atom stereocenters. The highest BCUT2D eigenvalue weighted by atomic mass is 32.2. The van der Waals surface area contributed by atoms with Crippen LogP contribution in [0.25, 0.3) is 0 Å². The minimum atomic E-state index is 0.535. The number of morpholine rings is 1. The van der Waals surface area contributed by atoms with Gasteiger partial charge in [0.2, 0.25) is 0 Å². The molecule has 22 heavy (non-hydrogen) atoms. The molecule has 4 heteroatoms. The largest absolute Gasteiger partial charge is 0.379 e. The third kappa shape index (κ3) is 3.07. The summed E-state index contributed by atoms with van der Waals surface area (Å²) < 4.78 is 5.70. The first-order valence-corrected chi connectivity index (χ1v) is 9.69. The Morgan fingerprint density at radius 2 is 2.14 bits per heavy atom. The monoisotopic (exact) mass is 318 g/mol. The highest BCUT2D eigenvalue weighted by Gasteiger charge is 2.36.